The van der Waals surface area contributed by atoms with E-state index >= 15 is 0 Å². The summed E-state index contributed by atoms with van der Waals surface area (Å²) in [5, 5.41) is 0. The van der Waals surface area contributed by atoms with E-state index in [9.17, 15) is 4.79 Å². The number of hydrogen-bond donors (Lipinski definition) is 0. The zero-order chi connectivity index (χ0) is 18.6. The first-order valence-corrected chi connectivity index (χ1v) is 9.75. The molecule has 1 amide bonds. The van der Waals surface area contributed by atoms with Crippen LogP contribution in [0.25, 0.3) is 0 Å². The van der Waals surface area contributed by atoms with E-state index in [1.807, 2.05) is 42.7 Å². The lowest BCUT2D eigenvalue weighted by Gasteiger charge is -2.36. The average Bonchev–Trinajstić information content (AvgIpc) is 2.99. The maximum atomic E-state index is 13.0. The van der Waals surface area contributed by atoms with Crippen molar-refractivity contribution in [3.63, 3.8) is 0 Å². The number of benzene rings is 1. The van der Waals surface area contributed by atoms with Gasteiger partial charge >= 0.3 is 0 Å². The van der Waals surface area contributed by atoms with Crippen LogP contribution in [0.2, 0.25) is 0 Å². The average molecular weight is 365 g/mol. The summed E-state index contributed by atoms with van der Waals surface area (Å²) in [7, 11) is 1.66. The van der Waals surface area contributed by atoms with Crippen LogP contribution in [-0.2, 0) is 17.8 Å². The van der Waals surface area contributed by atoms with E-state index in [1.165, 1.54) is 12.0 Å². The molecule has 3 aliphatic heterocycles. The third-order valence-electron chi connectivity index (χ3n) is 5.73. The fourth-order valence-corrected chi connectivity index (χ4v) is 4.42. The molecule has 1 aromatic carbocycles. The summed E-state index contributed by atoms with van der Waals surface area (Å²) in [5.41, 5.74) is 2.26. The Balaban J connectivity index is 1.43. The maximum absolute atomic E-state index is 13.0. The molecule has 1 aromatic heterocycles. The molecule has 2 aromatic rings. The van der Waals surface area contributed by atoms with Gasteiger partial charge in [-0.15, -0.1) is 0 Å². The minimum absolute atomic E-state index is 0.237. The van der Waals surface area contributed by atoms with Crippen LogP contribution < -0.4 is 4.74 Å². The molecule has 5 heteroatoms. The van der Waals surface area contributed by atoms with Crippen LogP contribution in [-0.4, -0.2) is 53.5 Å². The van der Waals surface area contributed by atoms with Crippen LogP contribution in [0.3, 0.4) is 0 Å². The molecule has 0 aliphatic carbocycles. The molecule has 2 bridgehead atoms. The van der Waals surface area contributed by atoms with Crippen LogP contribution in [0, 0.1) is 5.92 Å². The first-order chi connectivity index (χ1) is 13.2. The second kappa shape index (κ2) is 8.09. The van der Waals surface area contributed by atoms with Gasteiger partial charge in [-0.1, -0.05) is 18.2 Å². The Hall–Kier alpha value is -2.40. The lowest BCUT2D eigenvalue weighted by Crippen LogP contribution is -2.48. The van der Waals surface area contributed by atoms with Crippen LogP contribution in [0.4, 0.5) is 0 Å². The highest BCUT2D eigenvalue weighted by Gasteiger charge is 2.36. The van der Waals surface area contributed by atoms with Gasteiger partial charge in [0.05, 0.1) is 13.5 Å². The Labute approximate surface area is 161 Å². The number of methoxy groups -OCH3 is 1. The van der Waals surface area contributed by atoms with Crippen LogP contribution in [0.1, 0.15) is 24.0 Å². The molecule has 5 rings (SSSR count). The van der Waals surface area contributed by atoms with E-state index in [-0.39, 0.29) is 5.91 Å². The lowest BCUT2D eigenvalue weighted by atomic mass is 9.94. The van der Waals surface area contributed by atoms with E-state index < -0.39 is 0 Å². The van der Waals surface area contributed by atoms with E-state index in [1.54, 1.807) is 7.11 Å². The number of hydrogen-bond acceptors (Lipinski definition) is 4. The van der Waals surface area contributed by atoms with Crippen molar-refractivity contribution >= 4 is 5.91 Å². The molecule has 0 N–H and O–H groups in total. The normalized spacial score (nSPS) is 22.5. The van der Waals surface area contributed by atoms with Crippen LogP contribution >= 0.6 is 0 Å². The Kier molecular flexibility index (Phi) is 5.39. The SMILES string of the molecule is COc1cccc(CC(=O)N2C[C@H]3CC[C@@H]2CN(Cc2cccnc2)C3)c1. The van der Waals surface area contributed by atoms with Gasteiger partial charge in [-0.05, 0) is 48.1 Å². The van der Waals surface area contributed by atoms with Gasteiger partial charge in [0.25, 0.3) is 0 Å². The molecular formula is C22H27N3O2. The van der Waals surface area contributed by atoms with Crippen molar-refractivity contribution in [2.45, 2.75) is 31.8 Å². The van der Waals surface area contributed by atoms with Gasteiger partial charge < -0.3 is 9.64 Å². The highest BCUT2D eigenvalue weighted by atomic mass is 16.5. The van der Waals surface area contributed by atoms with E-state index in [4.69, 9.17) is 4.74 Å². The Morgan fingerprint density at radius 3 is 2.85 bits per heavy atom. The number of carbonyl (C=O) groups excluding carboxylic acids is 1. The summed E-state index contributed by atoms with van der Waals surface area (Å²) in [5.74, 6) is 1.61. The fourth-order valence-electron chi connectivity index (χ4n) is 4.42. The van der Waals surface area contributed by atoms with Crippen molar-refractivity contribution in [1.29, 1.82) is 0 Å². The topological polar surface area (TPSA) is 45.7 Å². The molecule has 3 saturated heterocycles. The highest BCUT2D eigenvalue weighted by molar-refractivity contribution is 5.79. The number of pyridine rings is 1. The van der Waals surface area contributed by atoms with Crippen molar-refractivity contribution in [2.24, 2.45) is 5.92 Å². The van der Waals surface area contributed by atoms with Gasteiger partial charge in [-0.25, -0.2) is 0 Å². The first kappa shape index (κ1) is 18.0. The summed E-state index contributed by atoms with van der Waals surface area (Å²) < 4.78 is 5.29. The van der Waals surface area contributed by atoms with Crippen molar-refractivity contribution in [1.82, 2.24) is 14.8 Å². The molecular weight excluding hydrogens is 338 g/mol. The van der Waals surface area contributed by atoms with Gasteiger partial charge in [0.1, 0.15) is 5.75 Å². The largest absolute Gasteiger partial charge is 0.497 e. The van der Waals surface area contributed by atoms with Crippen LogP contribution in [0.15, 0.2) is 48.8 Å². The number of rotatable bonds is 5. The molecule has 3 aliphatic rings. The Bertz CT molecular complexity index is 780. The second-order valence-electron chi connectivity index (χ2n) is 7.73. The van der Waals surface area contributed by atoms with Crippen molar-refractivity contribution in [2.75, 3.05) is 26.7 Å². The molecule has 27 heavy (non-hydrogen) atoms. The predicted octanol–water partition coefficient (Wildman–Crippen LogP) is 2.76. The maximum Gasteiger partial charge on any atom is 0.227 e. The van der Waals surface area contributed by atoms with Gasteiger partial charge in [0.2, 0.25) is 5.91 Å². The molecule has 3 fully saturated rings. The highest BCUT2D eigenvalue weighted by Crippen LogP contribution is 2.29. The minimum Gasteiger partial charge on any atom is -0.497 e. The molecule has 0 spiro atoms. The van der Waals surface area contributed by atoms with Gasteiger partial charge in [0, 0.05) is 44.6 Å². The van der Waals surface area contributed by atoms with Gasteiger partial charge in [0.15, 0.2) is 0 Å². The van der Waals surface area contributed by atoms with E-state index in [0.717, 1.165) is 43.9 Å². The third kappa shape index (κ3) is 4.30. The molecule has 5 nitrogen and oxygen atoms in total. The lowest BCUT2D eigenvalue weighted by molar-refractivity contribution is -0.134. The van der Waals surface area contributed by atoms with Crippen molar-refractivity contribution < 1.29 is 9.53 Å². The quantitative estimate of drug-likeness (QED) is 0.817. The molecule has 0 radical (unpaired) electrons. The van der Waals surface area contributed by atoms with E-state index in [2.05, 4.69) is 20.9 Å². The fraction of sp³-hybridized carbons (Fsp3) is 0.455. The molecule has 0 unspecified atom stereocenters. The zero-order valence-corrected chi connectivity index (χ0v) is 15.9. The van der Waals surface area contributed by atoms with Crippen molar-refractivity contribution in [3.8, 4) is 5.75 Å². The summed E-state index contributed by atoms with van der Waals surface area (Å²) in [6.45, 7) is 3.82. The number of ether oxygens (including phenoxy) is 1. The molecule has 142 valence electrons. The number of nitrogens with zero attached hydrogens (tertiary/aromatic N) is 3. The number of fused-ring (bicyclic) bond motifs is 4. The van der Waals surface area contributed by atoms with Crippen molar-refractivity contribution in [3.05, 3.63) is 59.9 Å². The van der Waals surface area contributed by atoms with Gasteiger partial charge in [-0.3, -0.25) is 14.7 Å². The molecule has 2 atom stereocenters. The monoisotopic (exact) mass is 365 g/mol. The number of aromatic nitrogens is 1. The second-order valence-corrected chi connectivity index (χ2v) is 7.73. The standard InChI is InChI=1S/C22H27N3O2/c1-27-21-6-2-4-17(10-21)11-22(26)25-15-19-7-8-20(25)16-24(14-19)13-18-5-3-9-23-12-18/h2-6,9-10,12,19-20H,7-8,11,13-16H2,1H3/t19-,20+/m0/s1. The zero-order valence-electron chi connectivity index (χ0n) is 15.9. The summed E-state index contributed by atoms with van der Waals surface area (Å²) in [4.78, 5) is 21.9. The molecule has 4 heterocycles. The summed E-state index contributed by atoms with van der Waals surface area (Å²) in [6, 6.07) is 12.3. The summed E-state index contributed by atoms with van der Waals surface area (Å²) >= 11 is 0. The van der Waals surface area contributed by atoms with Crippen LogP contribution in [0.5, 0.6) is 5.75 Å². The van der Waals surface area contributed by atoms with E-state index in [0.29, 0.717) is 18.4 Å². The first-order valence-electron chi connectivity index (χ1n) is 9.75. The number of piperidine rings is 1. The number of amides is 1. The summed E-state index contributed by atoms with van der Waals surface area (Å²) in [6.07, 6.45) is 6.53. The minimum atomic E-state index is 0.237. The Morgan fingerprint density at radius 2 is 2.04 bits per heavy atom. The number of carbonyl (C=O) groups is 1. The predicted molar refractivity (Wildman–Crippen MR) is 104 cm³/mol. The van der Waals surface area contributed by atoms with Gasteiger partial charge in [-0.2, -0.15) is 0 Å². The molecule has 0 saturated carbocycles. The smallest absolute Gasteiger partial charge is 0.227 e. The Morgan fingerprint density at radius 1 is 1.15 bits per heavy atom. The third-order valence-corrected chi connectivity index (χ3v) is 5.73.